The van der Waals surface area contributed by atoms with E-state index in [1.165, 1.54) is 0 Å². The Morgan fingerprint density at radius 1 is 0.800 bits per heavy atom. The first-order chi connectivity index (χ1) is 12.3. The highest BCUT2D eigenvalue weighted by Crippen LogP contribution is 2.21. The predicted octanol–water partition coefficient (Wildman–Crippen LogP) is 5.27. The Morgan fingerprint density at radius 2 is 1.64 bits per heavy atom. The van der Waals surface area contributed by atoms with Crippen molar-refractivity contribution in [2.75, 3.05) is 10.6 Å². The monoisotopic (exact) mass is 391 g/mol. The molecule has 0 saturated heterocycles. The molecular formula is C19H14BrN5. The van der Waals surface area contributed by atoms with Crippen molar-refractivity contribution in [3.8, 4) is 0 Å². The second kappa shape index (κ2) is 6.86. The molecule has 6 heteroatoms. The van der Waals surface area contributed by atoms with E-state index in [0.717, 1.165) is 26.8 Å². The molecule has 4 rings (SSSR count). The molecule has 5 nitrogen and oxygen atoms in total. The molecule has 25 heavy (non-hydrogen) atoms. The van der Waals surface area contributed by atoms with Gasteiger partial charge in [-0.1, -0.05) is 34.1 Å². The van der Waals surface area contributed by atoms with E-state index in [2.05, 4.69) is 41.5 Å². The lowest BCUT2D eigenvalue weighted by Crippen LogP contribution is -2.00. The number of anilines is 4. The first kappa shape index (κ1) is 15.5. The van der Waals surface area contributed by atoms with Crippen LogP contribution in [0, 0.1) is 0 Å². The normalized spacial score (nSPS) is 10.6. The third kappa shape index (κ3) is 3.75. The van der Waals surface area contributed by atoms with Crippen LogP contribution in [0.5, 0.6) is 0 Å². The van der Waals surface area contributed by atoms with E-state index in [9.17, 15) is 0 Å². The Hall–Kier alpha value is -2.99. The molecule has 0 aliphatic heterocycles. The number of hydrogen-bond acceptors (Lipinski definition) is 5. The third-order valence-corrected chi connectivity index (χ3v) is 4.15. The highest BCUT2D eigenvalue weighted by molar-refractivity contribution is 9.10. The number of fused-ring (bicyclic) bond motifs is 1. The number of aromatic nitrogens is 3. The van der Waals surface area contributed by atoms with Gasteiger partial charge in [0.25, 0.3) is 0 Å². The van der Waals surface area contributed by atoms with Gasteiger partial charge in [-0.25, -0.2) is 4.98 Å². The zero-order valence-electron chi connectivity index (χ0n) is 13.1. The first-order valence-electron chi connectivity index (χ1n) is 7.74. The van der Waals surface area contributed by atoms with Crippen LogP contribution in [0.25, 0.3) is 10.9 Å². The van der Waals surface area contributed by atoms with E-state index in [0.29, 0.717) is 11.8 Å². The summed E-state index contributed by atoms with van der Waals surface area (Å²) in [6.45, 7) is 0. The number of rotatable bonds is 4. The molecule has 4 aromatic rings. The van der Waals surface area contributed by atoms with Gasteiger partial charge in [0.15, 0.2) is 0 Å². The van der Waals surface area contributed by atoms with Crippen LogP contribution in [-0.2, 0) is 0 Å². The molecule has 122 valence electrons. The van der Waals surface area contributed by atoms with Gasteiger partial charge in [0.2, 0.25) is 5.95 Å². The van der Waals surface area contributed by atoms with E-state index >= 15 is 0 Å². The van der Waals surface area contributed by atoms with Crippen molar-refractivity contribution in [3.63, 3.8) is 0 Å². The quantitative estimate of drug-likeness (QED) is 0.495. The zero-order chi connectivity index (χ0) is 17.1. The largest absolute Gasteiger partial charge is 0.339 e. The van der Waals surface area contributed by atoms with Gasteiger partial charge in [-0.05, 0) is 42.5 Å². The Labute approximate surface area is 153 Å². The Kier molecular flexibility index (Phi) is 4.26. The fourth-order valence-electron chi connectivity index (χ4n) is 2.44. The molecule has 2 aromatic carbocycles. The maximum Gasteiger partial charge on any atom is 0.229 e. The summed E-state index contributed by atoms with van der Waals surface area (Å²) in [6.07, 6.45) is 3.51. The summed E-state index contributed by atoms with van der Waals surface area (Å²) in [5, 5.41) is 7.54. The van der Waals surface area contributed by atoms with Crippen LogP contribution in [0.15, 0.2) is 77.5 Å². The van der Waals surface area contributed by atoms with Crippen molar-refractivity contribution >= 4 is 50.0 Å². The van der Waals surface area contributed by atoms with Crippen LogP contribution >= 0.6 is 15.9 Å². The molecule has 0 saturated carbocycles. The van der Waals surface area contributed by atoms with E-state index in [1.54, 1.807) is 12.4 Å². The molecule has 2 heterocycles. The number of pyridine rings is 1. The highest BCUT2D eigenvalue weighted by atomic mass is 79.9. The minimum absolute atomic E-state index is 0.529. The van der Waals surface area contributed by atoms with Crippen molar-refractivity contribution in [1.29, 1.82) is 0 Å². The van der Waals surface area contributed by atoms with Gasteiger partial charge in [-0.2, -0.15) is 4.98 Å². The fraction of sp³-hybridized carbons (Fsp3) is 0. The Morgan fingerprint density at radius 3 is 2.52 bits per heavy atom. The number of nitrogens with zero attached hydrogens (tertiary/aromatic N) is 3. The van der Waals surface area contributed by atoms with Gasteiger partial charge in [0, 0.05) is 21.7 Å². The van der Waals surface area contributed by atoms with Gasteiger partial charge in [-0.15, -0.1) is 0 Å². The van der Waals surface area contributed by atoms with Gasteiger partial charge >= 0.3 is 0 Å². The molecule has 2 aromatic heterocycles. The summed E-state index contributed by atoms with van der Waals surface area (Å²) in [4.78, 5) is 13.2. The van der Waals surface area contributed by atoms with Gasteiger partial charge in [0.1, 0.15) is 5.82 Å². The van der Waals surface area contributed by atoms with Crippen LogP contribution in [0.2, 0.25) is 0 Å². The standard InChI is InChI=1S/C19H14BrN5/c20-14-5-7-15(8-6-14)24-19-21-10-9-18(25-19)23-16-11-13-3-1-2-4-17(13)22-12-16/h1-12H,(H2,21,23,24,25). The minimum atomic E-state index is 0.529. The summed E-state index contributed by atoms with van der Waals surface area (Å²) in [5.41, 5.74) is 2.77. The average molecular weight is 392 g/mol. The molecular weight excluding hydrogens is 378 g/mol. The molecule has 0 radical (unpaired) electrons. The maximum atomic E-state index is 4.49. The maximum absolute atomic E-state index is 4.49. The SMILES string of the molecule is Brc1ccc(Nc2nccc(Nc3cnc4ccccc4c3)n2)cc1. The van der Waals surface area contributed by atoms with E-state index in [-0.39, 0.29) is 0 Å². The van der Waals surface area contributed by atoms with E-state index in [1.807, 2.05) is 60.7 Å². The van der Waals surface area contributed by atoms with Crippen molar-refractivity contribution in [2.45, 2.75) is 0 Å². The molecule has 0 amide bonds. The van der Waals surface area contributed by atoms with Crippen molar-refractivity contribution in [3.05, 3.63) is 77.5 Å². The van der Waals surface area contributed by atoms with E-state index < -0.39 is 0 Å². The van der Waals surface area contributed by atoms with Crippen LogP contribution in [0.1, 0.15) is 0 Å². The summed E-state index contributed by atoms with van der Waals surface area (Å²) in [7, 11) is 0. The second-order valence-corrected chi connectivity index (χ2v) is 6.35. The molecule has 0 fully saturated rings. The topological polar surface area (TPSA) is 62.7 Å². The number of halogens is 1. The predicted molar refractivity (Wildman–Crippen MR) is 104 cm³/mol. The van der Waals surface area contributed by atoms with Gasteiger partial charge in [-0.3, -0.25) is 4.98 Å². The number of hydrogen-bond donors (Lipinski definition) is 2. The molecule has 0 unspecified atom stereocenters. The lowest BCUT2D eigenvalue weighted by atomic mass is 10.2. The van der Waals surface area contributed by atoms with Gasteiger partial charge in [0.05, 0.1) is 17.4 Å². The second-order valence-electron chi connectivity index (χ2n) is 5.44. The lowest BCUT2D eigenvalue weighted by Gasteiger charge is -2.09. The summed E-state index contributed by atoms with van der Waals surface area (Å²) >= 11 is 3.42. The summed E-state index contributed by atoms with van der Waals surface area (Å²) in [6, 6.07) is 19.7. The third-order valence-electron chi connectivity index (χ3n) is 3.62. The van der Waals surface area contributed by atoms with Crippen molar-refractivity contribution in [2.24, 2.45) is 0 Å². The number of benzene rings is 2. The highest BCUT2D eigenvalue weighted by Gasteiger charge is 2.02. The molecule has 0 aliphatic carbocycles. The van der Waals surface area contributed by atoms with Crippen LogP contribution in [0.4, 0.5) is 23.1 Å². The van der Waals surface area contributed by atoms with Gasteiger partial charge < -0.3 is 10.6 Å². The zero-order valence-corrected chi connectivity index (χ0v) is 14.7. The van der Waals surface area contributed by atoms with E-state index in [4.69, 9.17) is 0 Å². The van der Waals surface area contributed by atoms with Crippen LogP contribution < -0.4 is 10.6 Å². The number of nitrogens with one attached hydrogen (secondary N) is 2. The fourth-order valence-corrected chi connectivity index (χ4v) is 2.70. The average Bonchev–Trinajstić information content (AvgIpc) is 2.64. The Balaban J connectivity index is 1.55. The van der Waals surface area contributed by atoms with Crippen LogP contribution in [0.3, 0.4) is 0 Å². The smallest absolute Gasteiger partial charge is 0.229 e. The molecule has 0 bridgehead atoms. The molecule has 0 aliphatic rings. The molecule has 2 N–H and O–H groups in total. The van der Waals surface area contributed by atoms with Crippen molar-refractivity contribution < 1.29 is 0 Å². The number of para-hydroxylation sites is 1. The summed E-state index contributed by atoms with van der Waals surface area (Å²) in [5.74, 6) is 1.23. The lowest BCUT2D eigenvalue weighted by molar-refractivity contribution is 1.16. The minimum Gasteiger partial charge on any atom is -0.339 e. The van der Waals surface area contributed by atoms with Crippen LogP contribution in [-0.4, -0.2) is 15.0 Å². The molecule has 0 atom stereocenters. The van der Waals surface area contributed by atoms with Crippen molar-refractivity contribution in [1.82, 2.24) is 15.0 Å². The first-order valence-corrected chi connectivity index (χ1v) is 8.53. The molecule has 0 spiro atoms. The Bertz CT molecular complexity index is 1020. The summed E-state index contributed by atoms with van der Waals surface area (Å²) < 4.78 is 1.03.